The fourth-order valence-electron chi connectivity index (χ4n) is 5.58. The molecule has 1 atom stereocenters. The summed E-state index contributed by atoms with van der Waals surface area (Å²) in [5.41, 5.74) is 3.97. The molecule has 0 radical (unpaired) electrons. The summed E-state index contributed by atoms with van der Waals surface area (Å²) < 4.78 is 91.5. The molecule has 8 N–H and O–H groups in total. The predicted molar refractivity (Wildman–Crippen MR) is 242 cm³/mol. The Balaban J connectivity index is 0.000000236. The van der Waals surface area contributed by atoms with E-state index in [-0.39, 0.29) is 68.7 Å². The average Bonchev–Trinajstić information content (AvgIpc) is 4.32. The number of halogens is 5. The second kappa shape index (κ2) is 28.9. The van der Waals surface area contributed by atoms with Gasteiger partial charge in [-0.3, -0.25) is 44.4 Å². The number of benzene rings is 4. The van der Waals surface area contributed by atoms with Crippen LogP contribution >= 0.6 is 0 Å². The van der Waals surface area contributed by atoms with Gasteiger partial charge in [0.25, 0.3) is 35.4 Å². The molecule has 11 rings (SSSR count). The first kappa shape index (κ1) is 63.5. The van der Waals surface area contributed by atoms with E-state index in [9.17, 15) is 63.7 Å². The number of aromatic nitrogens is 8. The summed E-state index contributed by atoms with van der Waals surface area (Å²) >= 11 is 0. The molecule has 6 amide bonds. The van der Waals surface area contributed by atoms with Crippen molar-refractivity contribution >= 4 is 67.8 Å². The molecular formula is C44H37F5N11NaO16S. The molecule has 0 spiro atoms. The van der Waals surface area contributed by atoms with E-state index in [0.717, 1.165) is 4.85 Å². The number of aromatic hydroxyl groups is 2. The number of fused-ring (bicyclic) bond motifs is 3. The zero-order valence-corrected chi connectivity index (χ0v) is 42.6. The van der Waals surface area contributed by atoms with Crippen LogP contribution in [0.3, 0.4) is 0 Å². The van der Waals surface area contributed by atoms with Gasteiger partial charge in [0.2, 0.25) is 34.7 Å². The second-order valence-corrected chi connectivity index (χ2v) is 16.3. The molecule has 406 valence electrons. The molecule has 8 aromatic rings. The molecular weight excluding hydrogens is 1090 g/mol. The summed E-state index contributed by atoms with van der Waals surface area (Å²) in [4.78, 5) is 71.8. The van der Waals surface area contributed by atoms with Crippen LogP contribution in [-0.4, -0.2) is 145 Å². The van der Waals surface area contributed by atoms with Crippen molar-refractivity contribution in [2.45, 2.75) is 31.4 Å². The van der Waals surface area contributed by atoms with E-state index in [1.54, 1.807) is 54.7 Å². The van der Waals surface area contributed by atoms with E-state index in [1.165, 1.54) is 17.7 Å². The van der Waals surface area contributed by atoms with Crippen molar-refractivity contribution in [1.82, 2.24) is 55.5 Å². The fraction of sp³-hybridized carbons (Fsp3) is 0.114. The number of pyridine rings is 1. The van der Waals surface area contributed by atoms with Crippen LogP contribution < -0.4 is 29.6 Å². The number of rotatable bonds is 1. The number of imide groups is 3. The van der Waals surface area contributed by atoms with Crippen molar-refractivity contribution in [2.75, 3.05) is 0 Å². The Labute approximate surface area is 455 Å². The molecule has 7 heterocycles. The quantitative estimate of drug-likeness (QED) is 0.0165. The SMILES string of the molecule is Cc1ccc(O)cc1.O=C1CC(S(=O)(=O)[O-])C(=O)N1O.O=C1CCC(=O)N1O.O=C1c2ccccc2C(=O)N1O.Oc1c(F)c(F)c(F)c(F)c1F.On1nnc2ccccc21.On1nnc2cccnc21.[Na+].c1cc[nH]c1. The Morgan fingerprint density at radius 2 is 1.06 bits per heavy atom. The van der Waals surface area contributed by atoms with E-state index < -0.39 is 92.1 Å². The number of aryl methyl sites for hydroxylation is 1. The number of hydrogen-bond acceptors (Lipinski definition) is 21. The third-order valence-electron chi connectivity index (χ3n) is 9.47. The Hall–Kier alpha value is -8.83. The molecule has 0 aliphatic carbocycles. The number of nitrogens with one attached hydrogen (secondary N) is 1. The second-order valence-electron chi connectivity index (χ2n) is 14.7. The van der Waals surface area contributed by atoms with Crippen molar-refractivity contribution < 1.29 is 129 Å². The third-order valence-corrected chi connectivity index (χ3v) is 10.5. The van der Waals surface area contributed by atoms with Gasteiger partial charge in [0.15, 0.2) is 5.75 Å². The van der Waals surface area contributed by atoms with Crippen molar-refractivity contribution in [1.29, 1.82) is 0 Å². The maximum atomic E-state index is 12.2. The molecule has 0 saturated carbocycles. The van der Waals surface area contributed by atoms with Gasteiger partial charge in [-0.2, -0.15) is 18.9 Å². The number of nitrogens with zero attached hydrogens (tertiary/aromatic N) is 10. The molecule has 4 aromatic heterocycles. The smallest absolute Gasteiger partial charge is 0.747 e. The average molecular weight is 1130 g/mol. The van der Waals surface area contributed by atoms with Gasteiger partial charge >= 0.3 is 29.6 Å². The monoisotopic (exact) mass is 1130 g/mol. The first-order valence-corrected chi connectivity index (χ1v) is 22.4. The number of amides is 6. The van der Waals surface area contributed by atoms with Crippen LogP contribution in [0.25, 0.3) is 22.2 Å². The van der Waals surface area contributed by atoms with Crippen molar-refractivity contribution in [3.63, 3.8) is 0 Å². The molecule has 1 unspecified atom stereocenters. The van der Waals surface area contributed by atoms with E-state index in [2.05, 4.69) is 30.6 Å². The summed E-state index contributed by atoms with van der Waals surface area (Å²) in [6.07, 6.45) is 4.84. The largest absolute Gasteiger partial charge is 1.00 e. The maximum absolute atomic E-state index is 12.2. The number of aromatic amines is 1. The molecule has 27 nitrogen and oxygen atoms in total. The van der Waals surface area contributed by atoms with Crippen LogP contribution in [0.5, 0.6) is 11.5 Å². The minimum absolute atomic E-state index is 0. The molecule has 2 fully saturated rings. The van der Waals surface area contributed by atoms with Crippen LogP contribution in [0.1, 0.15) is 45.5 Å². The molecule has 0 bridgehead atoms. The minimum Gasteiger partial charge on any atom is -0.747 e. The third kappa shape index (κ3) is 16.8. The molecule has 3 aliphatic rings. The van der Waals surface area contributed by atoms with Crippen molar-refractivity contribution in [3.8, 4) is 11.5 Å². The Kier molecular flexibility index (Phi) is 23.5. The Bertz CT molecular complexity index is 3240. The number of hydrogen-bond donors (Lipinski definition) is 8. The van der Waals surface area contributed by atoms with E-state index in [1.807, 2.05) is 55.7 Å². The number of phenolic OH excluding ortho intramolecular Hbond substituents is 2. The number of hydroxylamine groups is 6. The molecule has 34 heteroatoms. The number of H-pyrrole nitrogens is 1. The van der Waals surface area contributed by atoms with Gasteiger partial charge in [-0.15, -0.1) is 15.3 Å². The molecule has 2 saturated heterocycles. The van der Waals surface area contributed by atoms with E-state index in [4.69, 9.17) is 36.2 Å². The van der Waals surface area contributed by atoms with Gasteiger partial charge in [-0.05, 0) is 78.0 Å². The fourth-order valence-corrected chi connectivity index (χ4v) is 6.28. The minimum atomic E-state index is -4.84. The first-order valence-electron chi connectivity index (χ1n) is 20.9. The molecule has 3 aliphatic heterocycles. The van der Waals surface area contributed by atoms with E-state index in [0.29, 0.717) is 32.8 Å². The summed E-state index contributed by atoms with van der Waals surface area (Å²) in [7, 11) is -4.84. The van der Waals surface area contributed by atoms with Gasteiger partial charge in [-0.1, -0.05) is 51.7 Å². The van der Waals surface area contributed by atoms with Crippen LogP contribution in [0.4, 0.5) is 22.0 Å². The van der Waals surface area contributed by atoms with Crippen molar-refractivity contribution in [3.05, 3.63) is 161 Å². The predicted octanol–water partition coefficient (Wildman–Crippen LogP) is 0.784. The normalized spacial score (nSPS) is 14.0. The van der Waals surface area contributed by atoms with Crippen LogP contribution in [0.2, 0.25) is 0 Å². The van der Waals surface area contributed by atoms with Crippen LogP contribution in [-0.2, 0) is 29.3 Å². The van der Waals surface area contributed by atoms with Gasteiger partial charge in [0, 0.05) is 31.4 Å². The summed E-state index contributed by atoms with van der Waals surface area (Å²) in [6.45, 7) is 1.99. The maximum Gasteiger partial charge on any atom is 1.00 e. The standard InChI is InChI=1S/C8H5NO3.C7H8O.C6HF5O.C6H5N3O.C5H4N4O.C4H5NO6S.C4H5NO3.C4H5N.Na/c10-7-5-3-1-2-4-6(5)8(11)9(7)12;1-6-2-4-7(8)5-3-6;7-1-2(8)4(10)6(12)5(11)3(1)9;10-9-6-4-2-1-3-5(6)7-8-9;10-9-5-4(7-8-9)2-1-3-6-5;6-3-1-2(12(9,10)11)4(7)5(3)8;6-3-1-2-4(7)5(3)8;1-2-4-5-3-1;/h1-4,12H;2-5,8H,1H3;12H;1-4,10H;1-3,10H;2,8H,1H2,(H,9,10,11);8H,1-2H2;1-5H;/q;;;;;;;;+1/p-1. The number of para-hydroxylation sites is 1. The zero-order valence-electron chi connectivity index (χ0n) is 39.7. The van der Waals surface area contributed by atoms with Crippen molar-refractivity contribution in [2.24, 2.45) is 0 Å². The first-order chi connectivity index (χ1) is 36.3. The summed E-state index contributed by atoms with van der Waals surface area (Å²) in [6, 6.07) is 27.9. The van der Waals surface area contributed by atoms with Crippen LogP contribution in [0.15, 0.2) is 116 Å². The number of carbonyl (C=O) groups is 6. The topological polar surface area (TPSA) is 401 Å². The Morgan fingerprint density at radius 1 is 0.590 bits per heavy atom. The van der Waals surface area contributed by atoms with Crippen LogP contribution in [0, 0.1) is 36.0 Å². The zero-order chi connectivity index (χ0) is 57.3. The van der Waals surface area contributed by atoms with Gasteiger partial charge < -0.3 is 30.2 Å². The van der Waals surface area contributed by atoms with Gasteiger partial charge in [0.1, 0.15) is 37.7 Å². The molecule has 78 heavy (non-hydrogen) atoms. The summed E-state index contributed by atoms with van der Waals surface area (Å²) in [5, 5.41) is 72.8. The van der Waals surface area contributed by atoms with E-state index >= 15 is 0 Å². The summed E-state index contributed by atoms with van der Waals surface area (Å²) in [5.74, 6) is -17.4. The Morgan fingerprint density at radius 3 is 1.47 bits per heavy atom. The van der Waals surface area contributed by atoms with Gasteiger partial charge in [0.05, 0.1) is 17.5 Å². The molecule has 4 aromatic carbocycles. The van der Waals surface area contributed by atoms with Gasteiger partial charge in [-0.25, -0.2) is 26.6 Å². The number of phenols is 2. The number of carbonyl (C=O) groups excluding carboxylic acids is 6.